The molecule has 30 heavy (non-hydrogen) atoms. The van der Waals surface area contributed by atoms with Gasteiger partial charge in [0.2, 0.25) is 12.0 Å². The molecule has 1 fully saturated rings. The van der Waals surface area contributed by atoms with E-state index in [0.29, 0.717) is 17.9 Å². The molecule has 5 heteroatoms. The zero-order chi connectivity index (χ0) is 20.8. The summed E-state index contributed by atoms with van der Waals surface area (Å²) in [6.07, 6.45) is 1.77. The second-order valence-electron chi connectivity index (χ2n) is 7.26. The number of carbonyl (C=O) groups is 2. The number of para-hydroxylation sites is 1. The fourth-order valence-corrected chi connectivity index (χ4v) is 3.55. The summed E-state index contributed by atoms with van der Waals surface area (Å²) in [4.78, 5) is 27.0. The number of hydrogen-bond donors (Lipinski definition) is 1. The van der Waals surface area contributed by atoms with E-state index in [4.69, 9.17) is 4.74 Å². The molecule has 1 unspecified atom stereocenters. The Kier molecular flexibility index (Phi) is 6.09. The average molecular weight is 400 g/mol. The van der Waals surface area contributed by atoms with E-state index in [2.05, 4.69) is 5.32 Å². The minimum atomic E-state index is -0.781. The van der Waals surface area contributed by atoms with Crippen molar-refractivity contribution in [2.45, 2.75) is 25.4 Å². The van der Waals surface area contributed by atoms with Gasteiger partial charge >= 0.3 is 0 Å². The van der Waals surface area contributed by atoms with E-state index in [1.807, 2.05) is 84.9 Å². The van der Waals surface area contributed by atoms with Crippen molar-refractivity contribution in [3.63, 3.8) is 0 Å². The number of hydrogen-bond acceptors (Lipinski definition) is 3. The van der Waals surface area contributed by atoms with Crippen LogP contribution >= 0.6 is 0 Å². The van der Waals surface area contributed by atoms with Crippen LogP contribution in [0.25, 0.3) is 0 Å². The summed E-state index contributed by atoms with van der Waals surface area (Å²) in [6.45, 7) is 0.742. The van der Waals surface area contributed by atoms with E-state index in [1.54, 1.807) is 4.90 Å². The van der Waals surface area contributed by atoms with Crippen molar-refractivity contribution in [2.75, 3.05) is 16.8 Å². The van der Waals surface area contributed by atoms with E-state index in [1.165, 1.54) is 0 Å². The predicted molar refractivity (Wildman–Crippen MR) is 118 cm³/mol. The summed E-state index contributed by atoms with van der Waals surface area (Å²) < 4.78 is 6.00. The van der Waals surface area contributed by atoms with Crippen molar-refractivity contribution in [3.8, 4) is 5.75 Å². The maximum Gasteiger partial charge on any atom is 0.270 e. The highest BCUT2D eigenvalue weighted by molar-refractivity contribution is 5.96. The molecule has 1 heterocycles. The van der Waals surface area contributed by atoms with Gasteiger partial charge < -0.3 is 15.0 Å². The first-order valence-electron chi connectivity index (χ1n) is 10.2. The molecule has 0 aromatic heterocycles. The van der Waals surface area contributed by atoms with Gasteiger partial charge in [-0.15, -0.1) is 0 Å². The minimum Gasteiger partial charge on any atom is -0.476 e. The summed E-state index contributed by atoms with van der Waals surface area (Å²) in [5, 5.41) is 2.93. The molecule has 0 radical (unpaired) electrons. The van der Waals surface area contributed by atoms with Gasteiger partial charge in [0.05, 0.1) is 0 Å². The first kappa shape index (κ1) is 19.7. The lowest BCUT2D eigenvalue weighted by Gasteiger charge is -2.27. The Balaban J connectivity index is 1.50. The molecule has 4 rings (SSSR count). The second kappa shape index (κ2) is 9.27. The van der Waals surface area contributed by atoms with Crippen LogP contribution in [0.3, 0.4) is 0 Å². The molecule has 2 amide bonds. The standard InChI is InChI=1S/C25H24N2O3/c28-23-13-7-8-18-27(23)21-16-14-20(15-17-21)26-25(29)24(19-9-3-1-4-10-19)30-22-11-5-2-6-12-22/h1-6,9-12,14-17,24H,7-8,13,18H2,(H,26,29). The smallest absolute Gasteiger partial charge is 0.270 e. The van der Waals surface area contributed by atoms with Crippen molar-refractivity contribution in [1.82, 2.24) is 0 Å². The van der Waals surface area contributed by atoms with Crippen LogP contribution in [-0.4, -0.2) is 18.4 Å². The van der Waals surface area contributed by atoms with E-state index in [9.17, 15) is 9.59 Å². The summed E-state index contributed by atoms with van der Waals surface area (Å²) in [5.41, 5.74) is 2.29. The Labute approximate surface area is 176 Å². The second-order valence-corrected chi connectivity index (χ2v) is 7.26. The third-order valence-electron chi connectivity index (χ3n) is 5.11. The van der Waals surface area contributed by atoms with Crippen molar-refractivity contribution in [2.24, 2.45) is 0 Å². The molecule has 1 atom stereocenters. The zero-order valence-electron chi connectivity index (χ0n) is 16.7. The van der Waals surface area contributed by atoms with Crippen LogP contribution in [0.5, 0.6) is 5.75 Å². The lowest BCUT2D eigenvalue weighted by molar-refractivity contribution is -0.123. The third-order valence-corrected chi connectivity index (χ3v) is 5.11. The Hall–Kier alpha value is -3.60. The topological polar surface area (TPSA) is 58.6 Å². The summed E-state index contributed by atoms with van der Waals surface area (Å²) in [6, 6.07) is 26.1. The monoisotopic (exact) mass is 400 g/mol. The highest BCUT2D eigenvalue weighted by Gasteiger charge is 2.23. The number of ether oxygens (including phenoxy) is 1. The van der Waals surface area contributed by atoms with Gasteiger partial charge in [-0.2, -0.15) is 0 Å². The number of benzene rings is 3. The molecule has 3 aromatic rings. The molecular weight excluding hydrogens is 376 g/mol. The van der Waals surface area contributed by atoms with Crippen LogP contribution in [-0.2, 0) is 9.59 Å². The van der Waals surface area contributed by atoms with E-state index in [0.717, 1.165) is 30.6 Å². The first-order valence-corrected chi connectivity index (χ1v) is 10.2. The number of piperidine rings is 1. The summed E-state index contributed by atoms with van der Waals surface area (Å²) >= 11 is 0. The lowest BCUT2D eigenvalue weighted by Crippen LogP contribution is -2.35. The van der Waals surface area contributed by atoms with Crippen molar-refractivity contribution in [3.05, 3.63) is 90.5 Å². The number of carbonyl (C=O) groups excluding carboxylic acids is 2. The Morgan fingerprint density at radius 2 is 1.53 bits per heavy atom. The minimum absolute atomic E-state index is 0.151. The van der Waals surface area contributed by atoms with Crippen LogP contribution in [0.1, 0.15) is 30.9 Å². The van der Waals surface area contributed by atoms with Crippen LogP contribution in [0.15, 0.2) is 84.9 Å². The molecule has 0 spiro atoms. The summed E-state index contributed by atoms with van der Waals surface area (Å²) in [7, 11) is 0. The Morgan fingerprint density at radius 3 is 2.20 bits per heavy atom. The first-order chi connectivity index (χ1) is 14.7. The normalized spacial score (nSPS) is 14.8. The molecule has 0 bridgehead atoms. The van der Waals surface area contributed by atoms with Gasteiger partial charge in [-0.1, -0.05) is 48.5 Å². The van der Waals surface area contributed by atoms with Crippen molar-refractivity contribution >= 4 is 23.2 Å². The fraction of sp³-hybridized carbons (Fsp3) is 0.200. The average Bonchev–Trinajstić information content (AvgIpc) is 2.80. The maximum atomic E-state index is 13.1. The van der Waals surface area contributed by atoms with Gasteiger partial charge in [0, 0.05) is 29.9 Å². The van der Waals surface area contributed by atoms with Gasteiger partial charge in [-0.25, -0.2) is 0 Å². The van der Waals surface area contributed by atoms with Gasteiger partial charge in [0.25, 0.3) is 5.91 Å². The van der Waals surface area contributed by atoms with Gasteiger partial charge in [-0.3, -0.25) is 9.59 Å². The van der Waals surface area contributed by atoms with Crippen LogP contribution < -0.4 is 15.0 Å². The maximum absolute atomic E-state index is 13.1. The number of anilines is 2. The van der Waals surface area contributed by atoms with Gasteiger partial charge in [0.15, 0.2) is 0 Å². The van der Waals surface area contributed by atoms with E-state index >= 15 is 0 Å². The van der Waals surface area contributed by atoms with Crippen molar-refractivity contribution < 1.29 is 14.3 Å². The van der Waals surface area contributed by atoms with E-state index < -0.39 is 6.10 Å². The number of nitrogens with zero attached hydrogens (tertiary/aromatic N) is 1. The molecule has 152 valence electrons. The fourth-order valence-electron chi connectivity index (χ4n) is 3.55. The lowest BCUT2D eigenvalue weighted by atomic mass is 10.1. The highest BCUT2D eigenvalue weighted by atomic mass is 16.5. The summed E-state index contributed by atoms with van der Waals surface area (Å²) in [5.74, 6) is 0.519. The number of rotatable bonds is 6. The van der Waals surface area contributed by atoms with Gasteiger partial charge in [-0.05, 0) is 49.2 Å². The SMILES string of the molecule is O=C(Nc1ccc(N2CCCCC2=O)cc1)C(Oc1ccccc1)c1ccccc1. The molecule has 1 aliphatic heterocycles. The van der Waals surface area contributed by atoms with Crippen LogP contribution in [0.2, 0.25) is 0 Å². The van der Waals surface area contributed by atoms with Gasteiger partial charge in [0.1, 0.15) is 5.75 Å². The predicted octanol–water partition coefficient (Wildman–Crippen LogP) is 4.96. The quantitative estimate of drug-likeness (QED) is 0.636. The molecule has 1 aliphatic rings. The molecule has 3 aromatic carbocycles. The Morgan fingerprint density at radius 1 is 0.867 bits per heavy atom. The number of amides is 2. The third kappa shape index (κ3) is 4.69. The van der Waals surface area contributed by atoms with Crippen molar-refractivity contribution in [1.29, 1.82) is 0 Å². The molecular formula is C25H24N2O3. The number of nitrogens with one attached hydrogen (secondary N) is 1. The van der Waals surface area contributed by atoms with Crippen LogP contribution in [0, 0.1) is 0 Å². The molecule has 1 N–H and O–H groups in total. The largest absolute Gasteiger partial charge is 0.476 e. The highest BCUT2D eigenvalue weighted by Crippen LogP contribution is 2.26. The Bertz CT molecular complexity index is 988. The molecule has 0 saturated carbocycles. The molecule has 1 saturated heterocycles. The van der Waals surface area contributed by atoms with E-state index in [-0.39, 0.29) is 11.8 Å². The van der Waals surface area contributed by atoms with Crippen LogP contribution in [0.4, 0.5) is 11.4 Å². The zero-order valence-corrected chi connectivity index (χ0v) is 16.7. The molecule has 0 aliphatic carbocycles. The molecule has 5 nitrogen and oxygen atoms in total.